The molecule has 0 radical (unpaired) electrons. The molecule has 0 saturated carbocycles. The van der Waals surface area contributed by atoms with Gasteiger partial charge in [-0.15, -0.1) is 0 Å². The monoisotopic (exact) mass is 238 g/mol. The van der Waals surface area contributed by atoms with E-state index in [-0.39, 0.29) is 11.6 Å². The third kappa shape index (κ3) is 2.39. The van der Waals surface area contributed by atoms with Gasteiger partial charge in [-0.3, -0.25) is 0 Å². The second-order valence-electron chi connectivity index (χ2n) is 4.22. The Kier molecular flexibility index (Phi) is 3.28. The lowest BCUT2D eigenvalue weighted by molar-refractivity contribution is 0.0692. The first-order valence-corrected chi connectivity index (χ1v) is 5.60. The Morgan fingerprint density at radius 1 is 1.59 bits per heavy atom. The number of carboxylic acid groups (broad SMARTS) is 1. The summed E-state index contributed by atoms with van der Waals surface area (Å²) in [7, 11) is 0. The number of carboxylic acids is 1. The molecule has 4 nitrogen and oxygen atoms in total. The molecule has 0 aromatic heterocycles. The Morgan fingerprint density at radius 2 is 2.35 bits per heavy atom. The molecule has 17 heavy (non-hydrogen) atoms. The number of nitrogens with zero attached hydrogens (tertiary/aromatic N) is 1. The number of piperazine rings is 1. The molecule has 1 aromatic rings. The van der Waals surface area contributed by atoms with Crippen molar-refractivity contribution in [2.75, 3.05) is 24.5 Å². The van der Waals surface area contributed by atoms with Crippen molar-refractivity contribution >= 4 is 11.7 Å². The van der Waals surface area contributed by atoms with E-state index in [2.05, 4.69) is 17.1 Å². The molecule has 0 amide bonds. The van der Waals surface area contributed by atoms with Crippen LogP contribution in [0.5, 0.6) is 0 Å². The zero-order valence-corrected chi connectivity index (χ0v) is 9.61. The molecule has 2 N–H and O–H groups in total. The Balaban J connectivity index is 2.27. The highest BCUT2D eigenvalue weighted by atomic mass is 19.1. The first kappa shape index (κ1) is 11.9. The fraction of sp³-hybridized carbons (Fsp3) is 0.417. The lowest BCUT2D eigenvalue weighted by Gasteiger charge is -2.36. The van der Waals surface area contributed by atoms with Crippen LogP contribution >= 0.6 is 0 Å². The molecule has 0 spiro atoms. The van der Waals surface area contributed by atoms with Crippen LogP contribution in [0.3, 0.4) is 0 Å². The summed E-state index contributed by atoms with van der Waals surface area (Å²) in [6, 6.07) is 4.56. The topological polar surface area (TPSA) is 52.6 Å². The number of carbonyl (C=O) groups is 1. The van der Waals surface area contributed by atoms with Crippen LogP contribution in [-0.2, 0) is 0 Å². The first-order chi connectivity index (χ1) is 8.09. The molecule has 5 heteroatoms. The van der Waals surface area contributed by atoms with Gasteiger partial charge in [0.25, 0.3) is 0 Å². The molecule has 1 atom stereocenters. The fourth-order valence-corrected chi connectivity index (χ4v) is 2.08. The van der Waals surface area contributed by atoms with Crippen LogP contribution in [0, 0.1) is 5.82 Å². The molecule has 1 aromatic carbocycles. The van der Waals surface area contributed by atoms with Gasteiger partial charge in [0.1, 0.15) is 5.82 Å². The Morgan fingerprint density at radius 3 is 2.94 bits per heavy atom. The van der Waals surface area contributed by atoms with Gasteiger partial charge in [0, 0.05) is 31.4 Å². The second kappa shape index (κ2) is 4.71. The summed E-state index contributed by atoms with van der Waals surface area (Å²) in [4.78, 5) is 12.8. The molecule has 1 aliphatic rings. The Hall–Kier alpha value is -1.62. The van der Waals surface area contributed by atoms with Crippen molar-refractivity contribution in [2.45, 2.75) is 13.0 Å². The van der Waals surface area contributed by atoms with Gasteiger partial charge < -0.3 is 15.3 Å². The third-order valence-electron chi connectivity index (χ3n) is 3.02. The summed E-state index contributed by atoms with van der Waals surface area (Å²) in [5.41, 5.74) is 0.457. The molecular formula is C12H15FN2O2. The van der Waals surface area contributed by atoms with E-state index in [1.807, 2.05) is 0 Å². The quantitative estimate of drug-likeness (QED) is 0.816. The van der Waals surface area contributed by atoms with Gasteiger partial charge in [0.2, 0.25) is 0 Å². The van der Waals surface area contributed by atoms with Gasteiger partial charge in [0.15, 0.2) is 0 Å². The number of halogens is 1. The highest BCUT2D eigenvalue weighted by Crippen LogP contribution is 2.21. The number of rotatable bonds is 2. The van der Waals surface area contributed by atoms with E-state index in [1.165, 1.54) is 12.1 Å². The van der Waals surface area contributed by atoms with Crippen LogP contribution in [0.25, 0.3) is 0 Å². The number of anilines is 1. The van der Waals surface area contributed by atoms with Gasteiger partial charge in [-0.2, -0.15) is 0 Å². The minimum absolute atomic E-state index is 0.277. The highest BCUT2D eigenvalue weighted by molar-refractivity contribution is 5.88. The van der Waals surface area contributed by atoms with Crippen LogP contribution in [0.4, 0.5) is 10.1 Å². The van der Waals surface area contributed by atoms with E-state index in [4.69, 9.17) is 5.11 Å². The molecule has 1 fully saturated rings. The molecule has 1 aliphatic heterocycles. The SMILES string of the molecule is C[C@@H]1CNCCN1c1ccc(C(=O)O)c(F)c1. The number of nitrogens with one attached hydrogen (secondary N) is 1. The normalized spacial score (nSPS) is 20.4. The standard InChI is InChI=1S/C12H15FN2O2/c1-8-7-14-4-5-15(8)9-2-3-10(12(16)17)11(13)6-9/h2-3,6,8,14H,4-5,7H2,1H3,(H,16,17)/t8-/m1/s1. The minimum Gasteiger partial charge on any atom is -0.478 e. The summed E-state index contributed by atoms with van der Waals surface area (Å²) >= 11 is 0. The minimum atomic E-state index is -1.23. The number of hydrogen-bond donors (Lipinski definition) is 2. The Labute approximate surface area is 99.0 Å². The first-order valence-electron chi connectivity index (χ1n) is 5.60. The van der Waals surface area contributed by atoms with E-state index in [9.17, 15) is 9.18 Å². The largest absolute Gasteiger partial charge is 0.478 e. The summed E-state index contributed by atoms with van der Waals surface area (Å²) in [6.07, 6.45) is 0. The van der Waals surface area contributed by atoms with Crippen molar-refractivity contribution in [3.05, 3.63) is 29.6 Å². The van der Waals surface area contributed by atoms with Crippen LogP contribution in [0.1, 0.15) is 17.3 Å². The van der Waals surface area contributed by atoms with Gasteiger partial charge in [-0.1, -0.05) is 0 Å². The maximum Gasteiger partial charge on any atom is 0.338 e. The van der Waals surface area contributed by atoms with Crippen molar-refractivity contribution in [3.63, 3.8) is 0 Å². The molecule has 0 bridgehead atoms. The van der Waals surface area contributed by atoms with Crippen molar-refractivity contribution in [3.8, 4) is 0 Å². The van der Waals surface area contributed by atoms with Crippen molar-refractivity contribution in [1.82, 2.24) is 5.32 Å². The predicted octanol–water partition coefficient (Wildman–Crippen LogP) is 1.32. The van der Waals surface area contributed by atoms with Crippen LogP contribution in [-0.4, -0.2) is 36.8 Å². The molecule has 92 valence electrons. The average Bonchev–Trinajstić information content (AvgIpc) is 2.29. The van der Waals surface area contributed by atoms with Crippen LogP contribution in [0.15, 0.2) is 18.2 Å². The molecule has 1 heterocycles. The number of benzene rings is 1. The molecular weight excluding hydrogens is 223 g/mol. The van der Waals surface area contributed by atoms with Gasteiger partial charge in [-0.25, -0.2) is 9.18 Å². The van der Waals surface area contributed by atoms with Crippen LogP contribution in [0.2, 0.25) is 0 Å². The van der Waals surface area contributed by atoms with E-state index < -0.39 is 11.8 Å². The maximum absolute atomic E-state index is 13.6. The average molecular weight is 238 g/mol. The van der Waals surface area contributed by atoms with Gasteiger partial charge in [-0.05, 0) is 25.1 Å². The van der Waals surface area contributed by atoms with Gasteiger partial charge >= 0.3 is 5.97 Å². The van der Waals surface area contributed by atoms with Crippen molar-refractivity contribution < 1.29 is 14.3 Å². The smallest absolute Gasteiger partial charge is 0.338 e. The number of aromatic carboxylic acids is 1. The van der Waals surface area contributed by atoms with Crippen molar-refractivity contribution in [1.29, 1.82) is 0 Å². The predicted molar refractivity (Wildman–Crippen MR) is 63.0 cm³/mol. The lowest BCUT2D eigenvalue weighted by Crippen LogP contribution is -2.49. The molecule has 2 rings (SSSR count). The van der Waals surface area contributed by atoms with E-state index >= 15 is 0 Å². The molecule has 0 aliphatic carbocycles. The summed E-state index contributed by atoms with van der Waals surface area (Å²) in [5.74, 6) is -1.91. The summed E-state index contributed by atoms with van der Waals surface area (Å²) < 4.78 is 13.6. The van der Waals surface area contributed by atoms with E-state index in [0.717, 1.165) is 25.3 Å². The van der Waals surface area contributed by atoms with Gasteiger partial charge in [0.05, 0.1) is 5.56 Å². The maximum atomic E-state index is 13.6. The van der Waals surface area contributed by atoms with E-state index in [0.29, 0.717) is 0 Å². The zero-order valence-electron chi connectivity index (χ0n) is 9.61. The van der Waals surface area contributed by atoms with Crippen molar-refractivity contribution in [2.24, 2.45) is 0 Å². The highest BCUT2D eigenvalue weighted by Gasteiger charge is 2.20. The number of hydrogen-bond acceptors (Lipinski definition) is 3. The molecule has 0 unspecified atom stereocenters. The third-order valence-corrected chi connectivity index (χ3v) is 3.02. The second-order valence-corrected chi connectivity index (χ2v) is 4.22. The summed E-state index contributed by atoms with van der Waals surface area (Å²) in [5, 5.41) is 12.0. The zero-order chi connectivity index (χ0) is 12.4. The van der Waals surface area contributed by atoms with E-state index in [1.54, 1.807) is 6.07 Å². The fourth-order valence-electron chi connectivity index (χ4n) is 2.08. The lowest BCUT2D eigenvalue weighted by atomic mass is 10.1. The molecule has 1 saturated heterocycles. The van der Waals surface area contributed by atoms with Crippen LogP contribution < -0.4 is 10.2 Å². The summed E-state index contributed by atoms with van der Waals surface area (Å²) in [6.45, 7) is 4.55. The Bertz CT molecular complexity index is 437.